The summed E-state index contributed by atoms with van der Waals surface area (Å²) in [5.41, 5.74) is -0.146. The molecule has 0 saturated carbocycles. The highest BCUT2D eigenvalue weighted by Gasteiger charge is 2.30. The molecule has 1 unspecified atom stereocenters. The lowest BCUT2D eigenvalue weighted by atomic mass is 10.0. The quantitative estimate of drug-likeness (QED) is 0.607. The van der Waals surface area contributed by atoms with Crippen LogP contribution in [0.25, 0.3) is 0 Å². The monoisotopic (exact) mass is 251 g/mol. The maximum atomic E-state index is 10.6. The Kier molecular flexibility index (Phi) is 3.47. The Bertz CT molecular complexity index is 435. The van der Waals surface area contributed by atoms with Crippen molar-refractivity contribution in [3.8, 4) is 0 Å². The molecule has 1 saturated heterocycles. The molecule has 0 amide bonds. The van der Waals surface area contributed by atoms with Crippen LogP contribution in [-0.2, 0) is 4.74 Å². The minimum atomic E-state index is -0.438. The maximum Gasteiger partial charge on any atom is 0.287 e. The smallest absolute Gasteiger partial charge is 0.287 e. The fraction of sp³-hybridized carbons (Fsp3) is 0.583. The van der Waals surface area contributed by atoms with E-state index < -0.39 is 4.92 Å². The summed E-state index contributed by atoms with van der Waals surface area (Å²) in [6, 6.07) is 3.18. The molecule has 1 atom stereocenters. The van der Waals surface area contributed by atoms with Gasteiger partial charge in [-0.2, -0.15) is 0 Å². The predicted molar refractivity (Wildman–Crippen MR) is 67.8 cm³/mol. The molecule has 98 valence electrons. The molecule has 2 heterocycles. The standard InChI is InChI=1S/C12H17N3O3/c1-3-12(2)9-14(6-7-18-12)11-5-4-10(8-13-11)15(16)17/h4-5,8H,3,6-7,9H2,1-2H3. The first-order chi connectivity index (χ1) is 8.54. The Labute approximate surface area is 106 Å². The van der Waals surface area contributed by atoms with E-state index in [2.05, 4.69) is 23.7 Å². The first-order valence-corrected chi connectivity index (χ1v) is 6.03. The normalized spacial score (nSPS) is 24.0. The average Bonchev–Trinajstić information content (AvgIpc) is 2.39. The number of hydrogen-bond acceptors (Lipinski definition) is 5. The van der Waals surface area contributed by atoms with E-state index in [0.29, 0.717) is 6.61 Å². The lowest BCUT2D eigenvalue weighted by Crippen LogP contribution is -2.50. The van der Waals surface area contributed by atoms with Gasteiger partial charge in [-0.25, -0.2) is 4.98 Å². The van der Waals surface area contributed by atoms with Crippen LogP contribution in [0.2, 0.25) is 0 Å². The van der Waals surface area contributed by atoms with E-state index >= 15 is 0 Å². The molecule has 0 spiro atoms. The highest BCUT2D eigenvalue weighted by atomic mass is 16.6. The van der Waals surface area contributed by atoms with Gasteiger partial charge in [0, 0.05) is 19.2 Å². The highest BCUT2D eigenvalue weighted by Crippen LogP contribution is 2.25. The molecule has 6 heteroatoms. The van der Waals surface area contributed by atoms with Gasteiger partial charge in [-0.05, 0) is 19.4 Å². The first-order valence-electron chi connectivity index (χ1n) is 6.03. The molecule has 2 rings (SSSR count). The second kappa shape index (κ2) is 4.89. The van der Waals surface area contributed by atoms with E-state index in [1.165, 1.54) is 12.3 Å². The van der Waals surface area contributed by atoms with Gasteiger partial charge in [-0.1, -0.05) is 6.92 Å². The SMILES string of the molecule is CCC1(C)CN(c2ccc([N+](=O)[O-])cn2)CCO1. The summed E-state index contributed by atoms with van der Waals surface area (Å²) >= 11 is 0. The molecule has 0 radical (unpaired) electrons. The van der Waals surface area contributed by atoms with Crippen LogP contribution < -0.4 is 4.90 Å². The van der Waals surface area contributed by atoms with Crippen LogP contribution in [0.5, 0.6) is 0 Å². The number of hydrogen-bond donors (Lipinski definition) is 0. The molecule has 0 aliphatic carbocycles. The van der Waals surface area contributed by atoms with E-state index in [0.717, 1.165) is 25.3 Å². The van der Waals surface area contributed by atoms with Crippen molar-refractivity contribution in [1.82, 2.24) is 4.98 Å². The summed E-state index contributed by atoms with van der Waals surface area (Å²) in [4.78, 5) is 16.4. The zero-order chi connectivity index (χ0) is 13.2. The number of morpholine rings is 1. The fourth-order valence-corrected chi connectivity index (χ4v) is 2.01. The minimum Gasteiger partial charge on any atom is -0.372 e. The first kappa shape index (κ1) is 12.8. The second-order valence-electron chi connectivity index (χ2n) is 4.71. The van der Waals surface area contributed by atoms with Gasteiger partial charge in [0.1, 0.15) is 12.0 Å². The summed E-state index contributed by atoms with van der Waals surface area (Å²) in [7, 11) is 0. The second-order valence-corrected chi connectivity index (χ2v) is 4.71. The lowest BCUT2D eigenvalue weighted by Gasteiger charge is -2.40. The van der Waals surface area contributed by atoms with Crippen molar-refractivity contribution < 1.29 is 9.66 Å². The van der Waals surface area contributed by atoms with E-state index in [9.17, 15) is 10.1 Å². The Morgan fingerprint density at radius 3 is 2.94 bits per heavy atom. The number of ether oxygens (including phenoxy) is 1. The van der Waals surface area contributed by atoms with Crippen LogP contribution >= 0.6 is 0 Å². The predicted octanol–water partition coefficient (Wildman–Crippen LogP) is 2.00. The van der Waals surface area contributed by atoms with Crippen molar-refractivity contribution in [2.75, 3.05) is 24.6 Å². The Balaban J connectivity index is 2.14. The third-order valence-corrected chi connectivity index (χ3v) is 3.35. The number of rotatable bonds is 3. The maximum absolute atomic E-state index is 10.6. The summed E-state index contributed by atoms with van der Waals surface area (Å²) in [5, 5.41) is 10.6. The van der Waals surface area contributed by atoms with Crippen molar-refractivity contribution in [1.29, 1.82) is 0 Å². The lowest BCUT2D eigenvalue weighted by molar-refractivity contribution is -0.385. The molecule has 0 aromatic carbocycles. The van der Waals surface area contributed by atoms with Crippen molar-refractivity contribution in [3.05, 3.63) is 28.4 Å². The zero-order valence-electron chi connectivity index (χ0n) is 10.6. The van der Waals surface area contributed by atoms with Gasteiger partial charge in [-0.15, -0.1) is 0 Å². The van der Waals surface area contributed by atoms with Gasteiger partial charge in [0.15, 0.2) is 0 Å². The Hall–Kier alpha value is -1.69. The zero-order valence-corrected chi connectivity index (χ0v) is 10.6. The molecular weight excluding hydrogens is 234 g/mol. The summed E-state index contributed by atoms with van der Waals surface area (Å²) in [6.45, 7) is 6.34. The van der Waals surface area contributed by atoms with Crippen LogP contribution in [0.15, 0.2) is 18.3 Å². The number of nitrogens with zero attached hydrogens (tertiary/aromatic N) is 3. The summed E-state index contributed by atoms with van der Waals surface area (Å²) < 4.78 is 5.75. The van der Waals surface area contributed by atoms with Crippen molar-refractivity contribution in [2.45, 2.75) is 25.9 Å². The molecule has 1 aliphatic rings. The number of aromatic nitrogens is 1. The topological polar surface area (TPSA) is 68.5 Å². The average molecular weight is 251 g/mol. The largest absolute Gasteiger partial charge is 0.372 e. The van der Waals surface area contributed by atoms with Crippen molar-refractivity contribution in [2.24, 2.45) is 0 Å². The van der Waals surface area contributed by atoms with Gasteiger partial charge in [0.05, 0.1) is 17.1 Å². The molecule has 1 aromatic rings. The summed E-state index contributed by atoms with van der Waals surface area (Å²) in [5.74, 6) is 0.767. The van der Waals surface area contributed by atoms with Crippen molar-refractivity contribution in [3.63, 3.8) is 0 Å². The van der Waals surface area contributed by atoms with E-state index in [4.69, 9.17) is 4.74 Å². The minimum absolute atomic E-state index is 0.0188. The van der Waals surface area contributed by atoms with Gasteiger partial charge >= 0.3 is 0 Å². The van der Waals surface area contributed by atoms with Crippen LogP contribution in [0.3, 0.4) is 0 Å². The van der Waals surface area contributed by atoms with E-state index in [-0.39, 0.29) is 11.3 Å². The molecular formula is C12H17N3O3. The number of pyridine rings is 1. The van der Waals surface area contributed by atoms with E-state index in [1.807, 2.05) is 0 Å². The third kappa shape index (κ3) is 2.59. The van der Waals surface area contributed by atoms with E-state index in [1.54, 1.807) is 6.07 Å². The van der Waals surface area contributed by atoms with Crippen LogP contribution in [0.1, 0.15) is 20.3 Å². The molecule has 1 fully saturated rings. The van der Waals surface area contributed by atoms with Crippen LogP contribution in [0, 0.1) is 10.1 Å². The molecule has 1 aliphatic heterocycles. The molecule has 1 aromatic heterocycles. The number of anilines is 1. The molecule has 18 heavy (non-hydrogen) atoms. The number of nitro groups is 1. The van der Waals surface area contributed by atoms with Gasteiger partial charge in [0.2, 0.25) is 0 Å². The highest BCUT2D eigenvalue weighted by molar-refractivity contribution is 5.43. The van der Waals surface area contributed by atoms with Crippen LogP contribution in [0.4, 0.5) is 11.5 Å². The van der Waals surface area contributed by atoms with Gasteiger partial charge < -0.3 is 9.64 Å². The summed E-state index contributed by atoms with van der Waals surface area (Å²) in [6.07, 6.45) is 2.23. The molecule has 6 nitrogen and oxygen atoms in total. The third-order valence-electron chi connectivity index (χ3n) is 3.35. The molecule has 0 bridgehead atoms. The Morgan fingerprint density at radius 1 is 1.61 bits per heavy atom. The fourth-order valence-electron chi connectivity index (χ4n) is 2.01. The Morgan fingerprint density at radius 2 is 2.39 bits per heavy atom. The van der Waals surface area contributed by atoms with Gasteiger partial charge in [-0.3, -0.25) is 10.1 Å². The van der Waals surface area contributed by atoms with Gasteiger partial charge in [0.25, 0.3) is 5.69 Å². The molecule has 0 N–H and O–H groups in total. The van der Waals surface area contributed by atoms with Crippen molar-refractivity contribution >= 4 is 11.5 Å². The van der Waals surface area contributed by atoms with Crippen LogP contribution in [-0.4, -0.2) is 35.2 Å².